The van der Waals surface area contributed by atoms with Crippen LogP contribution in [0, 0.1) is 11.3 Å². The predicted octanol–water partition coefficient (Wildman–Crippen LogP) is 3.55. The first-order valence-electron chi connectivity index (χ1n) is 8.21. The summed E-state index contributed by atoms with van der Waals surface area (Å²) in [5.41, 5.74) is 2.13. The van der Waals surface area contributed by atoms with Crippen molar-refractivity contribution in [2.45, 2.75) is 18.9 Å². The maximum absolute atomic E-state index is 12.9. The minimum absolute atomic E-state index is 0.0233. The van der Waals surface area contributed by atoms with Crippen LogP contribution in [-0.4, -0.2) is 31.6 Å². The molecule has 0 unspecified atom stereocenters. The molecule has 0 saturated carbocycles. The van der Waals surface area contributed by atoms with Crippen LogP contribution < -0.4 is 9.47 Å². The van der Waals surface area contributed by atoms with Gasteiger partial charge in [0, 0.05) is 23.7 Å². The van der Waals surface area contributed by atoms with Gasteiger partial charge in [-0.15, -0.1) is 0 Å². The average molecular weight is 336 g/mol. The molecule has 2 aromatic rings. The van der Waals surface area contributed by atoms with Gasteiger partial charge in [0.2, 0.25) is 0 Å². The third-order valence-corrected chi connectivity index (χ3v) is 4.57. The van der Waals surface area contributed by atoms with Crippen LogP contribution in [0.2, 0.25) is 0 Å². The first-order chi connectivity index (χ1) is 12.2. The average Bonchev–Trinajstić information content (AvgIpc) is 3.16. The van der Waals surface area contributed by atoms with Gasteiger partial charge in [0.1, 0.15) is 11.5 Å². The van der Waals surface area contributed by atoms with Crippen LogP contribution in [0.5, 0.6) is 11.5 Å². The van der Waals surface area contributed by atoms with Crippen molar-refractivity contribution >= 4 is 5.91 Å². The van der Waals surface area contributed by atoms with Crippen LogP contribution in [-0.2, 0) is 0 Å². The number of hydrogen-bond acceptors (Lipinski definition) is 4. The fourth-order valence-electron chi connectivity index (χ4n) is 3.28. The third kappa shape index (κ3) is 3.29. The fourth-order valence-corrected chi connectivity index (χ4v) is 3.28. The van der Waals surface area contributed by atoms with Gasteiger partial charge in [0.15, 0.2) is 0 Å². The summed E-state index contributed by atoms with van der Waals surface area (Å²) in [6.07, 6.45) is 1.84. The number of carbonyl (C=O) groups is 1. The van der Waals surface area contributed by atoms with Gasteiger partial charge in [-0.25, -0.2) is 0 Å². The highest BCUT2D eigenvalue weighted by molar-refractivity contribution is 5.94. The number of rotatable bonds is 4. The molecule has 25 heavy (non-hydrogen) atoms. The summed E-state index contributed by atoms with van der Waals surface area (Å²) in [6.45, 7) is 0.707. The highest BCUT2D eigenvalue weighted by Gasteiger charge is 2.32. The molecule has 2 aromatic carbocycles. The van der Waals surface area contributed by atoms with Gasteiger partial charge in [-0.05, 0) is 49.2 Å². The maximum atomic E-state index is 12.9. The number of methoxy groups -OCH3 is 2. The number of benzene rings is 2. The Kier molecular flexibility index (Phi) is 4.90. The van der Waals surface area contributed by atoms with E-state index in [4.69, 9.17) is 14.7 Å². The lowest BCUT2D eigenvalue weighted by Crippen LogP contribution is -2.30. The van der Waals surface area contributed by atoms with Gasteiger partial charge in [0.05, 0.1) is 31.9 Å². The standard InChI is InChI=1S/C20H20N2O3/c1-24-16-9-10-17(19(12-16)25-2)18-4-3-11-22(18)20(23)15-7-5-14(13-21)6-8-15/h5-10,12,18H,3-4,11H2,1-2H3/t18-/m0/s1. The van der Waals surface area contributed by atoms with Crippen molar-refractivity contribution in [3.63, 3.8) is 0 Å². The molecule has 3 rings (SSSR count). The Balaban J connectivity index is 1.89. The lowest BCUT2D eigenvalue weighted by Gasteiger charge is -2.26. The van der Waals surface area contributed by atoms with Crippen molar-refractivity contribution in [3.8, 4) is 17.6 Å². The number of likely N-dealkylation sites (tertiary alicyclic amines) is 1. The SMILES string of the molecule is COc1ccc([C@@H]2CCCN2C(=O)c2ccc(C#N)cc2)c(OC)c1. The molecule has 128 valence electrons. The molecule has 1 aliphatic rings. The van der Waals surface area contributed by atoms with Gasteiger partial charge in [0.25, 0.3) is 5.91 Å². The molecule has 0 aliphatic carbocycles. The Labute approximate surface area is 147 Å². The molecule has 0 aromatic heterocycles. The van der Waals surface area contributed by atoms with E-state index in [1.54, 1.807) is 38.5 Å². The van der Waals surface area contributed by atoms with E-state index < -0.39 is 0 Å². The molecule has 1 heterocycles. The third-order valence-electron chi connectivity index (χ3n) is 4.57. The minimum Gasteiger partial charge on any atom is -0.497 e. The largest absolute Gasteiger partial charge is 0.497 e. The molecule has 5 nitrogen and oxygen atoms in total. The summed E-state index contributed by atoms with van der Waals surface area (Å²) in [5, 5.41) is 8.90. The molecular formula is C20H20N2O3. The molecule has 5 heteroatoms. The van der Waals surface area contributed by atoms with Crippen molar-refractivity contribution in [3.05, 3.63) is 59.2 Å². The molecule has 0 N–H and O–H groups in total. The number of carbonyl (C=O) groups excluding carboxylic acids is 1. The van der Waals surface area contributed by atoms with Gasteiger partial charge < -0.3 is 14.4 Å². The van der Waals surface area contributed by atoms with Crippen molar-refractivity contribution in [1.29, 1.82) is 5.26 Å². The molecule has 1 saturated heterocycles. The first-order valence-corrected chi connectivity index (χ1v) is 8.21. The van der Waals surface area contributed by atoms with E-state index in [0.717, 1.165) is 29.9 Å². The van der Waals surface area contributed by atoms with Gasteiger partial charge in [-0.3, -0.25) is 4.79 Å². The summed E-state index contributed by atoms with van der Waals surface area (Å²) in [4.78, 5) is 14.8. The second kappa shape index (κ2) is 7.27. The Morgan fingerprint density at radius 3 is 2.56 bits per heavy atom. The van der Waals surface area contributed by atoms with Crippen LogP contribution in [0.1, 0.15) is 40.4 Å². The monoisotopic (exact) mass is 336 g/mol. The van der Waals surface area contributed by atoms with Crippen molar-refractivity contribution < 1.29 is 14.3 Å². The van der Waals surface area contributed by atoms with Crippen molar-refractivity contribution in [2.24, 2.45) is 0 Å². The number of nitrogens with zero attached hydrogens (tertiary/aromatic N) is 2. The lowest BCUT2D eigenvalue weighted by molar-refractivity contribution is 0.0734. The molecule has 0 radical (unpaired) electrons. The first kappa shape index (κ1) is 16.8. The number of nitriles is 1. The van der Waals surface area contributed by atoms with E-state index in [0.29, 0.717) is 17.7 Å². The highest BCUT2D eigenvalue weighted by Crippen LogP contribution is 2.39. The fraction of sp³-hybridized carbons (Fsp3) is 0.300. The number of ether oxygens (including phenoxy) is 2. The molecule has 1 aliphatic heterocycles. The van der Waals surface area contributed by atoms with Crippen molar-refractivity contribution in [2.75, 3.05) is 20.8 Å². The van der Waals surface area contributed by atoms with Crippen LogP contribution in [0.15, 0.2) is 42.5 Å². The molecule has 1 amide bonds. The van der Waals surface area contributed by atoms with Crippen LogP contribution in [0.4, 0.5) is 0 Å². The Morgan fingerprint density at radius 2 is 1.92 bits per heavy atom. The smallest absolute Gasteiger partial charge is 0.254 e. The summed E-state index contributed by atoms with van der Waals surface area (Å²) in [7, 11) is 3.24. The highest BCUT2D eigenvalue weighted by atomic mass is 16.5. The van der Waals surface area contributed by atoms with Crippen LogP contribution in [0.25, 0.3) is 0 Å². The van der Waals surface area contributed by atoms with Crippen LogP contribution in [0.3, 0.4) is 0 Å². The minimum atomic E-state index is -0.0241. The van der Waals surface area contributed by atoms with E-state index in [9.17, 15) is 4.79 Å². The molecule has 0 bridgehead atoms. The zero-order chi connectivity index (χ0) is 17.8. The molecule has 1 fully saturated rings. The maximum Gasteiger partial charge on any atom is 0.254 e. The molecule has 1 atom stereocenters. The summed E-state index contributed by atoms with van der Waals surface area (Å²) >= 11 is 0. The lowest BCUT2D eigenvalue weighted by atomic mass is 10.0. The predicted molar refractivity (Wildman–Crippen MR) is 93.7 cm³/mol. The van der Waals surface area contributed by atoms with Gasteiger partial charge in [-0.1, -0.05) is 0 Å². The van der Waals surface area contributed by atoms with E-state index in [-0.39, 0.29) is 11.9 Å². The number of hydrogen-bond donors (Lipinski definition) is 0. The van der Waals surface area contributed by atoms with E-state index in [1.165, 1.54) is 0 Å². The summed E-state index contributed by atoms with van der Waals surface area (Å²) in [5.74, 6) is 1.43. The van der Waals surface area contributed by atoms with Gasteiger partial charge in [-0.2, -0.15) is 5.26 Å². The normalized spacial score (nSPS) is 16.4. The summed E-state index contributed by atoms with van der Waals surface area (Å²) < 4.78 is 10.8. The molecular weight excluding hydrogens is 316 g/mol. The Hall–Kier alpha value is -3.00. The van der Waals surface area contributed by atoms with Gasteiger partial charge >= 0.3 is 0 Å². The topological polar surface area (TPSA) is 62.6 Å². The zero-order valence-electron chi connectivity index (χ0n) is 14.4. The Morgan fingerprint density at radius 1 is 1.16 bits per heavy atom. The second-order valence-electron chi connectivity index (χ2n) is 5.95. The molecule has 0 spiro atoms. The summed E-state index contributed by atoms with van der Waals surface area (Å²) in [6, 6.07) is 14.5. The number of amides is 1. The quantitative estimate of drug-likeness (QED) is 0.856. The van der Waals surface area contributed by atoms with E-state index in [1.807, 2.05) is 23.1 Å². The zero-order valence-corrected chi connectivity index (χ0v) is 14.4. The van der Waals surface area contributed by atoms with E-state index >= 15 is 0 Å². The van der Waals surface area contributed by atoms with Crippen molar-refractivity contribution in [1.82, 2.24) is 4.90 Å². The van der Waals surface area contributed by atoms with Crippen LogP contribution >= 0.6 is 0 Å². The van der Waals surface area contributed by atoms with E-state index in [2.05, 4.69) is 6.07 Å². The second-order valence-corrected chi connectivity index (χ2v) is 5.95. The Bertz CT molecular complexity index is 809.